The van der Waals surface area contributed by atoms with Gasteiger partial charge in [0.25, 0.3) is 23.4 Å². The van der Waals surface area contributed by atoms with Crippen LogP contribution >= 0.6 is 81.2 Å². The largest absolute Gasteiger partial charge is 0.414 e. The lowest BCUT2D eigenvalue weighted by Crippen LogP contribution is -2.58. The van der Waals surface area contributed by atoms with Crippen LogP contribution in [0.4, 0.5) is 20.1 Å². The topological polar surface area (TPSA) is 218 Å². The van der Waals surface area contributed by atoms with E-state index in [4.69, 9.17) is 81.2 Å². The van der Waals surface area contributed by atoms with E-state index in [-0.39, 0.29) is 57.0 Å². The summed E-state index contributed by atoms with van der Waals surface area (Å²) in [5.41, 5.74) is 2.90. The van der Waals surface area contributed by atoms with Crippen molar-refractivity contribution in [2.45, 2.75) is 44.6 Å². The molecule has 7 amide bonds. The highest BCUT2D eigenvalue weighted by atomic mass is 35.5. The fourth-order valence-corrected chi connectivity index (χ4v) is 7.84. The van der Waals surface area contributed by atoms with Crippen molar-refractivity contribution in [2.24, 2.45) is 5.92 Å². The molecule has 5 N–H and O–H groups in total. The fraction of sp³-hybridized carbons (Fsp3) is 0.231. The minimum absolute atomic E-state index is 0.0626. The minimum Gasteiger partial charge on any atom is -0.414 e. The number of fused-ring (bicyclic) bond motifs is 3. The van der Waals surface area contributed by atoms with Crippen molar-refractivity contribution in [1.29, 1.82) is 0 Å². The standard InChI is InChI=1S/C16H16Cl2N4O3.C8H3Cl2NO2.C8H7Cl2N.C7H4ClNO4/c17-11-3-8-5-22(6-9(8)4-12(11)18)15(25)19-7-16(10-1-2-10)13(23)20-14(24)21-16;9-5-1-3-4(2-6(5)10)8(13)11-7(3)12;9-7-1-5-3-11-4-6(5)2-8(7)10;8-7(10)13-6-3-1-5(2-4-6)9(11)12/h3-4,10H,1-2,5-7H2,(H,19,25)(H2,20,21,23,24);1-2H,(H,11,12,13);1-2,11H,3-4H2;1-4H. The molecule has 1 saturated carbocycles. The van der Waals surface area contributed by atoms with Gasteiger partial charge in [-0.25, -0.2) is 14.4 Å². The number of urea groups is 2. The van der Waals surface area contributed by atoms with Gasteiger partial charge in [-0.05, 0) is 89.5 Å². The number of amides is 7. The monoisotopic (exact) mass is 985 g/mol. The van der Waals surface area contributed by atoms with E-state index < -0.39 is 33.7 Å². The number of nitro groups is 1. The Balaban J connectivity index is 0.000000148. The number of halogens is 7. The normalized spacial score (nSPS) is 17.6. The number of carbonyl (C=O) groups is 6. The van der Waals surface area contributed by atoms with Crippen LogP contribution < -0.4 is 31.3 Å². The molecule has 4 aliphatic heterocycles. The molecule has 2 fully saturated rings. The average molecular weight is 989 g/mol. The van der Waals surface area contributed by atoms with Crippen molar-refractivity contribution in [3.8, 4) is 5.75 Å². The summed E-state index contributed by atoms with van der Waals surface area (Å²) in [7, 11) is 0. The quantitative estimate of drug-likeness (QED) is 0.0421. The third-order valence-corrected chi connectivity index (χ3v) is 12.2. The van der Waals surface area contributed by atoms with Crippen LogP contribution in [0, 0.1) is 16.0 Å². The van der Waals surface area contributed by atoms with Crippen LogP contribution in [-0.4, -0.2) is 57.1 Å². The van der Waals surface area contributed by atoms with Gasteiger partial charge < -0.3 is 25.6 Å². The lowest BCUT2D eigenvalue weighted by molar-refractivity contribution is -0.384. The van der Waals surface area contributed by atoms with Gasteiger partial charge in [-0.2, -0.15) is 0 Å². The number of hydrogen-bond donors (Lipinski definition) is 5. The van der Waals surface area contributed by atoms with Gasteiger partial charge >= 0.3 is 17.5 Å². The van der Waals surface area contributed by atoms with Crippen LogP contribution in [0.15, 0.2) is 60.7 Å². The van der Waals surface area contributed by atoms with Gasteiger partial charge in [0.05, 0.1) is 52.7 Å². The summed E-state index contributed by atoms with van der Waals surface area (Å²) in [5.74, 6) is -1.00. The van der Waals surface area contributed by atoms with Crippen molar-refractivity contribution in [1.82, 2.24) is 31.5 Å². The molecule has 1 saturated heterocycles. The highest BCUT2D eigenvalue weighted by Crippen LogP contribution is 2.41. The second-order valence-corrected chi connectivity index (χ2v) is 16.8. The second kappa shape index (κ2) is 19.6. The fourth-order valence-electron chi connectivity index (χ4n) is 6.68. The van der Waals surface area contributed by atoms with Gasteiger partial charge in [0.15, 0.2) is 0 Å². The molecule has 0 aromatic heterocycles. The first-order chi connectivity index (χ1) is 29.3. The summed E-state index contributed by atoms with van der Waals surface area (Å²) in [4.78, 5) is 80.0. The van der Waals surface area contributed by atoms with Gasteiger partial charge in [-0.15, -0.1) is 0 Å². The lowest BCUT2D eigenvalue weighted by atomic mass is 9.93. The number of benzene rings is 4. The Hall–Kier alpha value is -4.91. The smallest absolute Gasteiger partial charge is 0.409 e. The van der Waals surface area contributed by atoms with E-state index >= 15 is 0 Å². The Kier molecular flexibility index (Phi) is 14.8. The molecule has 1 unspecified atom stereocenters. The average Bonchev–Trinajstić information content (AvgIpc) is 3.61. The molecule has 9 rings (SSSR count). The number of imide groups is 2. The maximum atomic E-state index is 12.5. The van der Waals surface area contributed by atoms with E-state index in [0.717, 1.165) is 37.1 Å². The van der Waals surface area contributed by atoms with Crippen molar-refractivity contribution < 1.29 is 38.4 Å². The Morgan fingerprint density at radius 3 is 1.63 bits per heavy atom. The molecule has 5 aliphatic rings. The van der Waals surface area contributed by atoms with E-state index in [2.05, 4.69) is 31.3 Å². The molecule has 1 aliphatic carbocycles. The summed E-state index contributed by atoms with van der Waals surface area (Å²) < 4.78 is 4.45. The minimum atomic E-state index is -1.04. The number of non-ortho nitro benzene ring substituents is 1. The molecule has 23 heteroatoms. The molecule has 4 aromatic rings. The van der Waals surface area contributed by atoms with Crippen LogP contribution in [0.2, 0.25) is 30.1 Å². The molecule has 0 bridgehead atoms. The predicted octanol–water partition coefficient (Wildman–Crippen LogP) is 8.81. The van der Waals surface area contributed by atoms with Crippen LogP contribution in [0.5, 0.6) is 5.75 Å². The maximum Gasteiger partial charge on any atom is 0.409 e. The van der Waals surface area contributed by atoms with E-state index in [1.807, 2.05) is 12.1 Å². The number of carbonyl (C=O) groups excluding carboxylic acids is 6. The first-order valence-corrected chi connectivity index (χ1v) is 20.8. The highest BCUT2D eigenvalue weighted by molar-refractivity contribution is 6.61. The first kappa shape index (κ1) is 46.6. The SMILES string of the molecule is Clc1cc2c(cc1Cl)CNC2.O=C(Cl)Oc1ccc([N+](=O)[O-])cc1.O=C1NC(=O)C(CNC(=O)N2Cc3cc(Cl)c(Cl)cc3C2)(C2CC2)N1.O=C1NC(=O)c2cc(Cl)c(Cl)cc21. The molecular weight excluding hydrogens is 959 g/mol. The summed E-state index contributed by atoms with van der Waals surface area (Å²) in [5, 5.41) is 26.1. The first-order valence-electron chi connectivity index (χ1n) is 18.1. The molecule has 4 aromatic carbocycles. The molecular formula is C39H30Cl7N7O9. The van der Waals surface area contributed by atoms with Gasteiger partial charge in [0.1, 0.15) is 11.3 Å². The predicted molar refractivity (Wildman–Crippen MR) is 231 cm³/mol. The second-order valence-electron chi connectivity index (χ2n) is 14.0. The lowest BCUT2D eigenvalue weighted by Gasteiger charge is -2.27. The third kappa shape index (κ3) is 11.0. The zero-order valence-electron chi connectivity index (χ0n) is 31.5. The Morgan fingerprint density at radius 2 is 1.21 bits per heavy atom. The van der Waals surface area contributed by atoms with E-state index in [1.54, 1.807) is 17.0 Å². The van der Waals surface area contributed by atoms with Crippen LogP contribution in [0.1, 0.15) is 55.8 Å². The van der Waals surface area contributed by atoms with Crippen molar-refractivity contribution in [3.63, 3.8) is 0 Å². The number of ether oxygens (including phenoxy) is 1. The molecule has 324 valence electrons. The van der Waals surface area contributed by atoms with Crippen LogP contribution in [0.25, 0.3) is 0 Å². The van der Waals surface area contributed by atoms with Gasteiger partial charge in [-0.3, -0.25) is 35.1 Å². The van der Waals surface area contributed by atoms with E-state index in [9.17, 15) is 38.9 Å². The van der Waals surface area contributed by atoms with Crippen molar-refractivity contribution in [3.05, 3.63) is 134 Å². The van der Waals surface area contributed by atoms with Crippen molar-refractivity contribution in [2.75, 3.05) is 6.54 Å². The molecule has 0 spiro atoms. The summed E-state index contributed by atoms with van der Waals surface area (Å²) in [6, 6.07) is 14.4. The highest BCUT2D eigenvalue weighted by Gasteiger charge is 2.56. The van der Waals surface area contributed by atoms with Crippen LogP contribution in [-0.2, 0) is 31.0 Å². The Bertz CT molecular complexity index is 2430. The molecule has 1 atom stereocenters. The van der Waals surface area contributed by atoms with Gasteiger partial charge in [-0.1, -0.05) is 69.6 Å². The van der Waals surface area contributed by atoms with Crippen LogP contribution in [0.3, 0.4) is 0 Å². The van der Waals surface area contributed by atoms with Gasteiger partial charge in [0.2, 0.25) is 0 Å². The number of hydrogen-bond acceptors (Lipinski definition) is 10. The zero-order chi connectivity index (χ0) is 45.0. The Labute approximate surface area is 386 Å². The molecule has 16 nitrogen and oxygen atoms in total. The zero-order valence-corrected chi connectivity index (χ0v) is 36.8. The van der Waals surface area contributed by atoms with E-state index in [1.165, 1.54) is 47.5 Å². The number of nitrogens with one attached hydrogen (secondary N) is 5. The summed E-state index contributed by atoms with van der Waals surface area (Å²) in [6.07, 6.45) is 1.71. The molecule has 62 heavy (non-hydrogen) atoms. The summed E-state index contributed by atoms with van der Waals surface area (Å²) >= 11 is 40.0. The molecule has 4 heterocycles. The third-order valence-electron chi connectivity index (χ3n) is 9.91. The number of nitrogens with zero attached hydrogens (tertiary/aromatic N) is 2. The number of nitro benzene ring substituents is 1. The molecule has 0 radical (unpaired) electrons. The van der Waals surface area contributed by atoms with E-state index in [0.29, 0.717) is 33.2 Å². The van der Waals surface area contributed by atoms with Gasteiger partial charge in [0, 0.05) is 49.9 Å². The summed E-state index contributed by atoms with van der Waals surface area (Å²) in [6.45, 7) is 2.74. The van der Waals surface area contributed by atoms with Crippen molar-refractivity contribution >= 4 is 122 Å². The number of rotatable bonds is 5. The maximum absolute atomic E-state index is 12.5. The Morgan fingerprint density at radius 1 is 0.742 bits per heavy atom.